The first kappa shape index (κ1) is 18.5. The third-order valence-electron chi connectivity index (χ3n) is 3.98. The van der Waals surface area contributed by atoms with Crippen LogP contribution in [0.3, 0.4) is 0 Å². The van der Waals surface area contributed by atoms with Crippen molar-refractivity contribution in [2.24, 2.45) is 4.99 Å². The highest BCUT2D eigenvalue weighted by molar-refractivity contribution is 7.99. The first-order valence-corrected chi connectivity index (χ1v) is 9.47. The van der Waals surface area contributed by atoms with Gasteiger partial charge in [-0.1, -0.05) is 18.2 Å². The molecule has 1 aliphatic rings. The second kappa shape index (κ2) is 10.1. The van der Waals surface area contributed by atoms with Crippen molar-refractivity contribution in [2.45, 2.75) is 0 Å². The number of ether oxygens (including phenoxy) is 1. The molecule has 0 saturated carbocycles. The molecular formula is C18H28N4OS. The number of thioether (sulfide) groups is 1. The average molecular weight is 349 g/mol. The Morgan fingerprint density at radius 3 is 2.75 bits per heavy atom. The van der Waals surface area contributed by atoms with Gasteiger partial charge in [0, 0.05) is 51.3 Å². The minimum atomic E-state index is 0.928. The van der Waals surface area contributed by atoms with Crippen LogP contribution in [0.5, 0.6) is 5.75 Å². The summed E-state index contributed by atoms with van der Waals surface area (Å²) >= 11 is 1.88. The van der Waals surface area contributed by atoms with Gasteiger partial charge in [0.15, 0.2) is 5.96 Å². The quantitative estimate of drug-likeness (QED) is 0.354. The number of hydrogen-bond acceptors (Lipinski definition) is 4. The lowest BCUT2D eigenvalue weighted by molar-refractivity contribution is 0.368. The van der Waals surface area contributed by atoms with Gasteiger partial charge < -0.3 is 19.9 Å². The molecule has 0 unspecified atom stereocenters. The van der Waals surface area contributed by atoms with Crippen molar-refractivity contribution in [1.29, 1.82) is 0 Å². The maximum absolute atomic E-state index is 5.48. The Bertz CT molecular complexity index is 542. The molecule has 2 rings (SSSR count). The van der Waals surface area contributed by atoms with Crippen LogP contribution in [0.15, 0.2) is 41.9 Å². The molecule has 1 N–H and O–H groups in total. The van der Waals surface area contributed by atoms with Gasteiger partial charge in [0.25, 0.3) is 0 Å². The number of nitrogens with one attached hydrogen (secondary N) is 1. The molecule has 1 saturated heterocycles. The molecule has 0 spiro atoms. The van der Waals surface area contributed by atoms with Gasteiger partial charge in [-0.25, -0.2) is 0 Å². The molecule has 1 aromatic carbocycles. The Labute approximate surface area is 149 Å². The molecule has 24 heavy (non-hydrogen) atoms. The summed E-state index contributed by atoms with van der Waals surface area (Å²) in [6.45, 7) is 8.51. The fraction of sp³-hybridized carbons (Fsp3) is 0.500. The van der Waals surface area contributed by atoms with E-state index in [9.17, 15) is 0 Å². The summed E-state index contributed by atoms with van der Waals surface area (Å²) in [5.41, 5.74) is 1.17. The molecule has 132 valence electrons. The number of rotatable bonds is 7. The number of piperazine rings is 1. The summed E-state index contributed by atoms with van der Waals surface area (Å²) in [5, 5.41) is 3.45. The van der Waals surface area contributed by atoms with Crippen LogP contribution in [-0.4, -0.2) is 69.2 Å². The summed E-state index contributed by atoms with van der Waals surface area (Å²) in [6.07, 6.45) is 1.94. The van der Waals surface area contributed by atoms with Crippen molar-refractivity contribution in [2.75, 3.05) is 63.3 Å². The van der Waals surface area contributed by atoms with Crippen LogP contribution >= 0.6 is 11.8 Å². The van der Waals surface area contributed by atoms with Crippen LogP contribution in [0, 0.1) is 0 Å². The number of nitrogens with zero attached hydrogens (tertiary/aromatic N) is 3. The molecule has 0 amide bonds. The summed E-state index contributed by atoms with van der Waals surface area (Å²) in [4.78, 5) is 9.12. The zero-order valence-corrected chi connectivity index (χ0v) is 15.5. The number of aliphatic imine (C=N–C) groups is 1. The number of para-hydroxylation sites is 2. The van der Waals surface area contributed by atoms with Crippen molar-refractivity contribution in [3.63, 3.8) is 0 Å². The van der Waals surface area contributed by atoms with Crippen LogP contribution < -0.4 is 15.0 Å². The monoisotopic (exact) mass is 348 g/mol. The molecule has 1 aromatic rings. The zero-order valence-electron chi connectivity index (χ0n) is 14.7. The minimum absolute atomic E-state index is 0.928. The van der Waals surface area contributed by atoms with E-state index in [4.69, 9.17) is 4.74 Å². The number of benzene rings is 1. The predicted molar refractivity (Wildman–Crippen MR) is 106 cm³/mol. The number of methoxy groups -OCH3 is 1. The molecule has 1 aliphatic heterocycles. The zero-order chi connectivity index (χ0) is 17.2. The highest BCUT2D eigenvalue weighted by Crippen LogP contribution is 2.28. The molecule has 1 fully saturated rings. The third kappa shape index (κ3) is 5.09. The van der Waals surface area contributed by atoms with Gasteiger partial charge in [-0.3, -0.25) is 4.99 Å². The fourth-order valence-electron chi connectivity index (χ4n) is 2.78. The minimum Gasteiger partial charge on any atom is -0.495 e. The first-order valence-electron chi connectivity index (χ1n) is 8.32. The van der Waals surface area contributed by atoms with E-state index in [1.54, 1.807) is 7.11 Å². The van der Waals surface area contributed by atoms with Crippen molar-refractivity contribution >= 4 is 23.4 Å². The standard InChI is InChI=1S/C18H28N4OS/c1-4-14-24-15-9-20-18(19-2)22-12-10-21(11-13-22)16-7-5-6-8-17(16)23-3/h4-8H,1,9-15H2,2-3H3,(H,19,20). The summed E-state index contributed by atoms with van der Waals surface area (Å²) < 4.78 is 5.48. The molecule has 1 heterocycles. The molecule has 0 aromatic heterocycles. The lowest BCUT2D eigenvalue weighted by atomic mass is 10.2. The first-order chi connectivity index (χ1) is 11.8. The van der Waals surface area contributed by atoms with Gasteiger partial charge in [0.2, 0.25) is 0 Å². The normalized spacial score (nSPS) is 15.3. The summed E-state index contributed by atoms with van der Waals surface area (Å²) in [5.74, 6) is 3.99. The molecule has 6 heteroatoms. The van der Waals surface area contributed by atoms with Crippen LogP contribution in [0.2, 0.25) is 0 Å². The predicted octanol–water partition coefficient (Wildman–Crippen LogP) is 2.31. The Morgan fingerprint density at radius 1 is 1.33 bits per heavy atom. The van der Waals surface area contributed by atoms with E-state index in [1.807, 2.05) is 37.0 Å². The largest absolute Gasteiger partial charge is 0.495 e. The van der Waals surface area contributed by atoms with E-state index in [-0.39, 0.29) is 0 Å². The van der Waals surface area contributed by atoms with E-state index in [0.717, 1.165) is 55.9 Å². The van der Waals surface area contributed by atoms with E-state index in [0.29, 0.717) is 0 Å². The summed E-state index contributed by atoms with van der Waals surface area (Å²) in [6, 6.07) is 8.21. The maximum atomic E-state index is 5.48. The SMILES string of the molecule is C=CCSCCNC(=NC)N1CCN(c2ccccc2OC)CC1. The highest BCUT2D eigenvalue weighted by atomic mass is 32.2. The van der Waals surface area contributed by atoms with E-state index in [2.05, 4.69) is 38.8 Å². The molecule has 5 nitrogen and oxygen atoms in total. The third-order valence-corrected chi connectivity index (χ3v) is 4.95. The van der Waals surface area contributed by atoms with E-state index in [1.165, 1.54) is 5.69 Å². The van der Waals surface area contributed by atoms with Gasteiger partial charge in [0.1, 0.15) is 5.75 Å². The summed E-state index contributed by atoms with van der Waals surface area (Å²) in [7, 11) is 3.58. The lowest BCUT2D eigenvalue weighted by Gasteiger charge is -2.38. The Hall–Kier alpha value is -1.82. The second-order valence-corrected chi connectivity index (χ2v) is 6.63. The average Bonchev–Trinajstić information content (AvgIpc) is 2.65. The van der Waals surface area contributed by atoms with Crippen molar-refractivity contribution in [3.8, 4) is 5.75 Å². The molecule has 0 atom stereocenters. The van der Waals surface area contributed by atoms with Crippen LogP contribution in [0.4, 0.5) is 5.69 Å². The van der Waals surface area contributed by atoms with Crippen LogP contribution in [0.25, 0.3) is 0 Å². The molecule has 0 bridgehead atoms. The molecule has 0 radical (unpaired) electrons. The smallest absolute Gasteiger partial charge is 0.193 e. The Balaban J connectivity index is 1.83. The lowest BCUT2D eigenvalue weighted by Crippen LogP contribution is -2.52. The van der Waals surface area contributed by atoms with Crippen molar-refractivity contribution < 1.29 is 4.74 Å². The molecule has 0 aliphatic carbocycles. The number of hydrogen-bond donors (Lipinski definition) is 1. The Kier molecular flexibility index (Phi) is 7.82. The highest BCUT2D eigenvalue weighted by Gasteiger charge is 2.21. The van der Waals surface area contributed by atoms with Gasteiger partial charge in [-0.15, -0.1) is 6.58 Å². The van der Waals surface area contributed by atoms with Gasteiger partial charge >= 0.3 is 0 Å². The number of anilines is 1. The van der Waals surface area contributed by atoms with Crippen molar-refractivity contribution in [1.82, 2.24) is 10.2 Å². The second-order valence-electron chi connectivity index (χ2n) is 5.48. The number of guanidine groups is 1. The van der Waals surface area contributed by atoms with Gasteiger partial charge in [-0.05, 0) is 12.1 Å². The van der Waals surface area contributed by atoms with E-state index >= 15 is 0 Å². The van der Waals surface area contributed by atoms with Crippen molar-refractivity contribution in [3.05, 3.63) is 36.9 Å². The van der Waals surface area contributed by atoms with E-state index < -0.39 is 0 Å². The van der Waals surface area contributed by atoms with Gasteiger partial charge in [-0.2, -0.15) is 11.8 Å². The Morgan fingerprint density at radius 2 is 2.08 bits per heavy atom. The fourth-order valence-corrected chi connectivity index (χ4v) is 3.36. The maximum Gasteiger partial charge on any atom is 0.193 e. The van der Waals surface area contributed by atoms with Gasteiger partial charge in [0.05, 0.1) is 12.8 Å². The van der Waals surface area contributed by atoms with Crippen LogP contribution in [-0.2, 0) is 0 Å². The topological polar surface area (TPSA) is 40.1 Å². The van der Waals surface area contributed by atoms with Crippen LogP contribution in [0.1, 0.15) is 0 Å². The molecular weight excluding hydrogens is 320 g/mol.